The van der Waals surface area contributed by atoms with Crippen LogP contribution >= 0.6 is 11.6 Å². The maximum absolute atomic E-state index is 12.2. The summed E-state index contributed by atoms with van der Waals surface area (Å²) in [5.41, 5.74) is 0.792. The van der Waals surface area contributed by atoms with Crippen molar-refractivity contribution in [1.29, 1.82) is 0 Å². The number of halogens is 1. The van der Waals surface area contributed by atoms with E-state index in [4.69, 9.17) is 16.3 Å². The van der Waals surface area contributed by atoms with Gasteiger partial charge in [-0.15, -0.1) is 0 Å². The number of hydrogen-bond donors (Lipinski definition) is 2. The summed E-state index contributed by atoms with van der Waals surface area (Å²) in [6.45, 7) is 1.20. The molecule has 2 N–H and O–H groups in total. The average molecular weight is 367 g/mol. The largest absolute Gasteiger partial charge is 0.444 e. The number of H-pyrrole nitrogens is 1. The summed E-state index contributed by atoms with van der Waals surface area (Å²) in [6.07, 6.45) is 9.00. The van der Waals surface area contributed by atoms with Gasteiger partial charge in [-0.1, -0.05) is 11.6 Å². The van der Waals surface area contributed by atoms with Crippen molar-refractivity contribution in [3.05, 3.63) is 21.6 Å². The van der Waals surface area contributed by atoms with E-state index in [-0.39, 0.29) is 23.3 Å². The number of carbonyl (C=O) groups excluding carboxylic acids is 1. The van der Waals surface area contributed by atoms with E-state index in [2.05, 4.69) is 15.5 Å². The summed E-state index contributed by atoms with van der Waals surface area (Å²) < 4.78 is 5.56. The number of amides is 1. The van der Waals surface area contributed by atoms with Gasteiger partial charge in [-0.25, -0.2) is 9.89 Å². The van der Waals surface area contributed by atoms with Crippen molar-refractivity contribution >= 4 is 23.4 Å². The lowest BCUT2D eigenvalue weighted by atomic mass is 9.83. The number of rotatable bonds is 3. The predicted octanol–water partition coefficient (Wildman–Crippen LogP) is 2.45. The summed E-state index contributed by atoms with van der Waals surface area (Å²) in [4.78, 5) is 25.6. The lowest BCUT2D eigenvalue weighted by Gasteiger charge is -2.29. The number of alkyl carbamates (subject to hydrolysis) is 1. The highest BCUT2D eigenvalue weighted by atomic mass is 35.5. The first-order valence-corrected chi connectivity index (χ1v) is 9.38. The maximum atomic E-state index is 12.2. The van der Waals surface area contributed by atoms with E-state index in [1.54, 1.807) is 0 Å². The number of carbonyl (C=O) groups is 1. The third kappa shape index (κ3) is 3.61. The molecule has 136 valence electrons. The number of hydrogen-bond acceptors (Lipinski definition) is 5. The van der Waals surface area contributed by atoms with E-state index in [0.29, 0.717) is 30.6 Å². The van der Waals surface area contributed by atoms with E-state index in [9.17, 15) is 9.59 Å². The Morgan fingerprint density at radius 2 is 2.08 bits per heavy atom. The Kier molecular flexibility index (Phi) is 4.35. The van der Waals surface area contributed by atoms with Gasteiger partial charge in [0.1, 0.15) is 11.1 Å². The molecule has 1 amide bonds. The second-order valence-electron chi connectivity index (χ2n) is 7.58. The Labute approximate surface area is 151 Å². The fourth-order valence-electron chi connectivity index (χ4n) is 4.04. The Hall–Kier alpha value is -1.76. The SMILES string of the molecule is O=C(NC1CCC2(CC1)CC2)O[C@@H]1CCN(c2cn[nH]c(=O)c2Cl)C1. The van der Waals surface area contributed by atoms with Crippen LogP contribution in [0.1, 0.15) is 44.9 Å². The Balaban J connectivity index is 1.27. The van der Waals surface area contributed by atoms with Crippen LogP contribution in [-0.2, 0) is 4.74 Å². The molecular formula is C17H23ClN4O3. The summed E-state index contributed by atoms with van der Waals surface area (Å²) >= 11 is 6.04. The molecule has 4 rings (SSSR count). The highest BCUT2D eigenvalue weighted by molar-refractivity contribution is 6.33. The molecule has 25 heavy (non-hydrogen) atoms. The molecule has 0 radical (unpaired) electrons. The fraction of sp³-hybridized carbons (Fsp3) is 0.706. The highest BCUT2D eigenvalue weighted by Crippen LogP contribution is 2.56. The van der Waals surface area contributed by atoms with Gasteiger partial charge in [0.05, 0.1) is 18.4 Å². The Morgan fingerprint density at radius 3 is 2.80 bits per heavy atom. The number of ether oxygens (including phenoxy) is 1. The zero-order valence-corrected chi connectivity index (χ0v) is 14.8. The van der Waals surface area contributed by atoms with Gasteiger partial charge >= 0.3 is 6.09 Å². The molecule has 7 nitrogen and oxygen atoms in total. The van der Waals surface area contributed by atoms with E-state index in [1.807, 2.05) is 4.90 Å². The average Bonchev–Trinajstić information content (AvgIpc) is 3.20. The summed E-state index contributed by atoms with van der Waals surface area (Å²) in [5, 5.41) is 9.22. The number of aromatic amines is 1. The van der Waals surface area contributed by atoms with E-state index in [1.165, 1.54) is 31.9 Å². The molecule has 1 aromatic rings. The van der Waals surface area contributed by atoms with Crippen LogP contribution in [0, 0.1) is 5.41 Å². The summed E-state index contributed by atoms with van der Waals surface area (Å²) in [5.74, 6) is 0. The Morgan fingerprint density at radius 1 is 1.32 bits per heavy atom. The standard InChI is InChI=1S/C17H23ClN4O3/c18-14-13(9-19-21-15(14)23)22-8-3-12(10-22)25-16(24)20-11-1-4-17(5-2-11)6-7-17/h9,11-12H,1-8,10H2,(H,20,24)(H,21,23)/t12-/m1/s1. The third-order valence-corrected chi connectivity index (χ3v) is 6.23. The Bertz CT molecular complexity index is 708. The number of nitrogens with zero attached hydrogens (tertiary/aromatic N) is 2. The highest BCUT2D eigenvalue weighted by Gasteiger charge is 2.45. The molecule has 0 unspecified atom stereocenters. The molecule has 3 fully saturated rings. The molecule has 1 spiro atoms. The zero-order valence-electron chi connectivity index (χ0n) is 14.1. The van der Waals surface area contributed by atoms with Crippen molar-refractivity contribution in [2.24, 2.45) is 5.41 Å². The van der Waals surface area contributed by atoms with Gasteiger partial charge in [-0.2, -0.15) is 5.10 Å². The van der Waals surface area contributed by atoms with Gasteiger partial charge < -0.3 is 15.0 Å². The van der Waals surface area contributed by atoms with Gasteiger partial charge in [0, 0.05) is 19.0 Å². The van der Waals surface area contributed by atoms with Crippen molar-refractivity contribution in [2.45, 2.75) is 57.1 Å². The van der Waals surface area contributed by atoms with Crippen LogP contribution in [0.4, 0.5) is 10.5 Å². The van der Waals surface area contributed by atoms with E-state index < -0.39 is 5.56 Å². The topological polar surface area (TPSA) is 87.3 Å². The van der Waals surface area contributed by atoms with Gasteiger partial charge in [-0.05, 0) is 43.9 Å². The molecule has 2 aliphatic carbocycles. The molecule has 3 aliphatic rings. The second-order valence-corrected chi connectivity index (χ2v) is 7.96. The number of anilines is 1. The van der Waals surface area contributed by atoms with Gasteiger partial charge in [0.15, 0.2) is 0 Å². The van der Waals surface area contributed by atoms with Crippen LogP contribution < -0.4 is 15.8 Å². The minimum atomic E-state index is -0.410. The van der Waals surface area contributed by atoms with Crippen molar-refractivity contribution < 1.29 is 9.53 Å². The number of nitrogens with one attached hydrogen (secondary N) is 2. The van der Waals surface area contributed by atoms with E-state index in [0.717, 1.165) is 12.8 Å². The summed E-state index contributed by atoms with van der Waals surface area (Å²) in [6, 6.07) is 0.238. The van der Waals surface area contributed by atoms with Crippen LogP contribution in [0.3, 0.4) is 0 Å². The second kappa shape index (κ2) is 6.52. The molecule has 1 aromatic heterocycles. The van der Waals surface area contributed by atoms with E-state index >= 15 is 0 Å². The number of aromatic nitrogens is 2. The molecule has 0 aromatic carbocycles. The molecule has 2 heterocycles. The molecule has 1 aliphatic heterocycles. The van der Waals surface area contributed by atoms with Crippen LogP contribution in [-0.4, -0.2) is 41.5 Å². The lowest BCUT2D eigenvalue weighted by Crippen LogP contribution is -2.40. The molecule has 0 bridgehead atoms. The summed E-state index contributed by atoms with van der Waals surface area (Å²) in [7, 11) is 0. The predicted molar refractivity (Wildman–Crippen MR) is 94.0 cm³/mol. The first-order chi connectivity index (χ1) is 12.0. The van der Waals surface area contributed by atoms with Crippen molar-refractivity contribution in [1.82, 2.24) is 15.5 Å². The quantitative estimate of drug-likeness (QED) is 0.858. The third-order valence-electron chi connectivity index (χ3n) is 5.86. The van der Waals surface area contributed by atoms with Crippen LogP contribution in [0.5, 0.6) is 0 Å². The lowest BCUT2D eigenvalue weighted by molar-refractivity contribution is 0.101. The molecule has 8 heteroatoms. The van der Waals surface area contributed by atoms with Crippen LogP contribution in [0.2, 0.25) is 5.02 Å². The minimum Gasteiger partial charge on any atom is -0.444 e. The fourth-order valence-corrected chi connectivity index (χ4v) is 4.25. The monoisotopic (exact) mass is 366 g/mol. The first-order valence-electron chi connectivity index (χ1n) is 9.00. The van der Waals surface area contributed by atoms with Crippen LogP contribution in [0.15, 0.2) is 11.0 Å². The normalized spacial score (nSPS) is 25.2. The molecule has 1 saturated heterocycles. The first kappa shape index (κ1) is 16.7. The maximum Gasteiger partial charge on any atom is 0.407 e. The van der Waals surface area contributed by atoms with Crippen molar-refractivity contribution in [3.63, 3.8) is 0 Å². The van der Waals surface area contributed by atoms with Crippen LogP contribution in [0.25, 0.3) is 0 Å². The zero-order chi connectivity index (χ0) is 17.4. The van der Waals surface area contributed by atoms with Crippen molar-refractivity contribution in [2.75, 3.05) is 18.0 Å². The molecule has 1 atom stereocenters. The molecule has 2 saturated carbocycles. The van der Waals surface area contributed by atoms with Gasteiger partial charge in [0.2, 0.25) is 0 Å². The molecular weight excluding hydrogens is 344 g/mol. The van der Waals surface area contributed by atoms with Crippen molar-refractivity contribution in [3.8, 4) is 0 Å². The minimum absolute atomic E-state index is 0.122. The van der Waals surface area contributed by atoms with Gasteiger partial charge in [-0.3, -0.25) is 4.79 Å². The smallest absolute Gasteiger partial charge is 0.407 e. The van der Waals surface area contributed by atoms with Gasteiger partial charge in [0.25, 0.3) is 5.56 Å².